The van der Waals surface area contributed by atoms with Crippen LogP contribution in [0.15, 0.2) is 29.8 Å². The van der Waals surface area contributed by atoms with Crippen LogP contribution in [0, 0.1) is 5.95 Å². The van der Waals surface area contributed by atoms with Gasteiger partial charge < -0.3 is 10.4 Å². The lowest BCUT2D eigenvalue weighted by Crippen LogP contribution is -2.13. The average Bonchev–Trinajstić information content (AvgIpc) is 2.78. The number of hydrogen-bond donors (Lipinski definition) is 2. The minimum Gasteiger partial charge on any atom is -0.478 e. The lowest BCUT2D eigenvalue weighted by molar-refractivity contribution is 0.0698. The summed E-state index contributed by atoms with van der Waals surface area (Å²) >= 11 is 1.10. The number of anilines is 1. The first-order chi connectivity index (χ1) is 8.58. The van der Waals surface area contributed by atoms with E-state index in [0.29, 0.717) is 0 Å². The Hall–Kier alpha value is -2.28. The molecule has 2 heterocycles. The summed E-state index contributed by atoms with van der Waals surface area (Å²) in [5.41, 5.74) is 0.171. The van der Waals surface area contributed by atoms with E-state index in [4.69, 9.17) is 5.11 Å². The summed E-state index contributed by atoms with van der Waals surface area (Å²) in [5, 5.41) is 13.1. The van der Waals surface area contributed by atoms with Gasteiger partial charge in [-0.3, -0.25) is 4.79 Å². The van der Waals surface area contributed by atoms with Gasteiger partial charge in [0.15, 0.2) is 0 Å². The predicted octanol–water partition coefficient (Wildman–Crippen LogP) is 2.23. The van der Waals surface area contributed by atoms with Crippen LogP contribution in [-0.4, -0.2) is 22.0 Å². The third-order valence-electron chi connectivity index (χ3n) is 2.11. The molecule has 2 rings (SSSR count). The second kappa shape index (κ2) is 4.92. The molecule has 0 spiro atoms. The quantitative estimate of drug-likeness (QED) is 0.835. The molecule has 0 saturated heterocycles. The highest BCUT2D eigenvalue weighted by Gasteiger charge is 2.15. The molecule has 0 aromatic carbocycles. The standard InChI is InChI=1S/C11H7FN2O3S/c12-8-2-1-6(5-13-8)9(15)14-10-7(11(16)17)3-4-18-10/h1-5H,(H,14,15)(H,16,17). The Bertz CT molecular complexity index is 595. The van der Waals surface area contributed by atoms with Crippen LogP contribution in [0.5, 0.6) is 0 Å². The van der Waals surface area contributed by atoms with Crippen molar-refractivity contribution in [3.05, 3.63) is 46.9 Å². The fourth-order valence-electron chi connectivity index (χ4n) is 1.26. The Kier molecular flexibility index (Phi) is 3.33. The van der Waals surface area contributed by atoms with E-state index in [1.807, 2.05) is 0 Å². The molecule has 0 radical (unpaired) electrons. The van der Waals surface area contributed by atoms with E-state index in [0.717, 1.165) is 23.6 Å². The SMILES string of the molecule is O=C(Nc1sccc1C(=O)O)c1ccc(F)nc1. The number of hydrogen-bond acceptors (Lipinski definition) is 4. The second-order valence-corrected chi connectivity index (χ2v) is 4.21. The van der Waals surface area contributed by atoms with Gasteiger partial charge in [-0.2, -0.15) is 4.39 Å². The van der Waals surface area contributed by atoms with Crippen LogP contribution in [-0.2, 0) is 0 Å². The summed E-state index contributed by atoms with van der Waals surface area (Å²) in [5.74, 6) is -2.34. The molecule has 0 aliphatic heterocycles. The lowest BCUT2D eigenvalue weighted by atomic mass is 10.2. The number of carbonyl (C=O) groups excluding carboxylic acids is 1. The van der Waals surface area contributed by atoms with E-state index in [2.05, 4.69) is 10.3 Å². The minimum absolute atomic E-state index is 0.0171. The van der Waals surface area contributed by atoms with Crippen LogP contribution in [0.4, 0.5) is 9.39 Å². The van der Waals surface area contributed by atoms with Crippen molar-refractivity contribution in [1.82, 2.24) is 4.98 Å². The van der Waals surface area contributed by atoms with Crippen LogP contribution in [0.3, 0.4) is 0 Å². The molecule has 0 unspecified atom stereocenters. The molecule has 5 nitrogen and oxygen atoms in total. The third-order valence-corrected chi connectivity index (χ3v) is 2.94. The number of aromatic carboxylic acids is 1. The third kappa shape index (κ3) is 2.51. The van der Waals surface area contributed by atoms with Gasteiger partial charge in [-0.05, 0) is 23.6 Å². The maximum atomic E-state index is 12.6. The number of amides is 1. The van der Waals surface area contributed by atoms with Gasteiger partial charge in [0.05, 0.1) is 11.1 Å². The molecule has 2 aromatic heterocycles. The number of thiophene rings is 1. The van der Waals surface area contributed by atoms with E-state index in [1.54, 1.807) is 5.38 Å². The summed E-state index contributed by atoms with van der Waals surface area (Å²) in [7, 11) is 0. The normalized spacial score (nSPS) is 10.1. The smallest absolute Gasteiger partial charge is 0.338 e. The molecule has 0 atom stereocenters. The van der Waals surface area contributed by atoms with Gasteiger partial charge in [0.1, 0.15) is 5.00 Å². The topological polar surface area (TPSA) is 79.3 Å². The zero-order valence-corrected chi connectivity index (χ0v) is 9.70. The average molecular weight is 266 g/mol. The summed E-state index contributed by atoms with van der Waals surface area (Å²) < 4.78 is 12.6. The summed E-state index contributed by atoms with van der Waals surface area (Å²) in [6, 6.07) is 3.72. The van der Waals surface area contributed by atoms with Crippen LogP contribution >= 0.6 is 11.3 Å². The van der Waals surface area contributed by atoms with Crippen molar-refractivity contribution in [1.29, 1.82) is 0 Å². The Morgan fingerprint density at radius 2 is 2.11 bits per heavy atom. The number of halogens is 1. The molecule has 0 aliphatic rings. The Morgan fingerprint density at radius 3 is 2.72 bits per heavy atom. The highest BCUT2D eigenvalue weighted by atomic mass is 32.1. The molecule has 1 amide bonds. The van der Waals surface area contributed by atoms with Gasteiger partial charge in [-0.1, -0.05) is 0 Å². The molecule has 0 bridgehead atoms. The molecule has 2 N–H and O–H groups in total. The number of rotatable bonds is 3. The number of nitrogens with one attached hydrogen (secondary N) is 1. The molecule has 0 fully saturated rings. The van der Waals surface area contributed by atoms with Crippen molar-refractivity contribution in [3.63, 3.8) is 0 Å². The first-order valence-corrected chi connectivity index (χ1v) is 5.69. The first-order valence-electron chi connectivity index (χ1n) is 4.81. The van der Waals surface area contributed by atoms with Crippen LogP contribution in [0.25, 0.3) is 0 Å². The zero-order valence-electron chi connectivity index (χ0n) is 8.88. The van der Waals surface area contributed by atoms with Gasteiger partial charge in [0.25, 0.3) is 5.91 Å². The fourth-order valence-corrected chi connectivity index (χ4v) is 2.03. The van der Waals surface area contributed by atoms with Gasteiger partial charge >= 0.3 is 5.97 Å². The number of carboxylic acids is 1. The Morgan fingerprint density at radius 1 is 1.33 bits per heavy atom. The maximum absolute atomic E-state index is 12.6. The maximum Gasteiger partial charge on any atom is 0.338 e. The molecular weight excluding hydrogens is 259 g/mol. The van der Waals surface area contributed by atoms with Crippen LogP contribution < -0.4 is 5.32 Å². The number of aromatic nitrogens is 1. The van der Waals surface area contributed by atoms with Crippen molar-refractivity contribution in [2.75, 3.05) is 5.32 Å². The van der Waals surface area contributed by atoms with Gasteiger partial charge in [-0.15, -0.1) is 11.3 Å². The van der Waals surface area contributed by atoms with E-state index in [1.165, 1.54) is 12.1 Å². The highest BCUT2D eigenvalue weighted by Crippen LogP contribution is 2.23. The second-order valence-electron chi connectivity index (χ2n) is 3.29. The number of carbonyl (C=O) groups is 2. The molecule has 0 aliphatic carbocycles. The number of carboxylic acid groups (broad SMARTS) is 1. The molecule has 0 saturated carbocycles. The molecule has 92 valence electrons. The zero-order chi connectivity index (χ0) is 13.1. The molecule has 7 heteroatoms. The molecular formula is C11H7FN2O3S. The molecule has 18 heavy (non-hydrogen) atoms. The van der Waals surface area contributed by atoms with Crippen molar-refractivity contribution in [2.45, 2.75) is 0 Å². The largest absolute Gasteiger partial charge is 0.478 e. The summed E-state index contributed by atoms with van der Waals surface area (Å²) in [6.45, 7) is 0. The first kappa shape index (κ1) is 12.2. The molecule has 2 aromatic rings. The van der Waals surface area contributed by atoms with Gasteiger partial charge in [0.2, 0.25) is 5.95 Å². The van der Waals surface area contributed by atoms with Gasteiger partial charge in [-0.25, -0.2) is 9.78 Å². The van der Waals surface area contributed by atoms with Crippen molar-refractivity contribution in [2.24, 2.45) is 0 Å². The van der Waals surface area contributed by atoms with E-state index < -0.39 is 17.8 Å². The monoisotopic (exact) mass is 266 g/mol. The number of nitrogens with zero attached hydrogens (tertiary/aromatic N) is 1. The van der Waals surface area contributed by atoms with Crippen molar-refractivity contribution >= 4 is 28.2 Å². The van der Waals surface area contributed by atoms with Crippen LogP contribution in [0.1, 0.15) is 20.7 Å². The van der Waals surface area contributed by atoms with Crippen molar-refractivity contribution < 1.29 is 19.1 Å². The van der Waals surface area contributed by atoms with Gasteiger partial charge in [0, 0.05) is 6.20 Å². The Balaban J connectivity index is 2.19. The summed E-state index contributed by atoms with van der Waals surface area (Å²) in [6.07, 6.45) is 1.08. The van der Waals surface area contributed by atoms with Crippen molar-refractivity contribution in [3.8, 4) is 0 Å². The minimum atomic E-state index is -1.12. The van der Waals surface area contributed by atoms with Crippen LogP contribution in [0.2, 0.25) is 0 Å². The van der Waals surface area contributed by atoms with E-state index in [9.17, 15) is 14.0 Å². The lowest BCUT2D eigenvalue weighted by Gasteiger charge is -2.03. The fraction of sp³-hybridized carbons (Fsp3) is 0. The Labute approximate surface area is 105 Å². The van der Waals surface area contributed by atoms with E-state index in [-0.39, 0.29) is 16.1 Å². The predicted molar refractivity (Wildman–Crippen MR) is 63.4 cm³/mol. The number of pyridine rings is 1. The summed E-state index contributed by atoms with van der Waals surface area (Å²) in [4.78, 5) is 25.9. The van der Waals surface area contributed by atoms with E-state index >= 15 is 0 Å². The highest BCUT2D eigenvalue weighted by molar-refractivity contribution is 7.14.